The summed E-state index contributed by atoms with van der Waals surface area (Å²) >= 11 is 4.76. The van der Waals surface area contributed by atoms with E-state index in [0.29, 0.717) is 4.90 Å². The fourth-order valence-electron chi connectivity index (χ4n) is 2.11. The summed E-state index contributed by atoms with van der Waals surface area (Å²) in [6, 6.07) is 11.6. The molecule has 0 aliphatic heterocycles. The minimum Gasteiger partial charge on any atom is -0.208 e. The van der Waals surface area contributed by atoms with Crippen LogP contribution in [0.3, 0.4) is 0 Å². The third-order valence-corrected chi connectivity index (χ3v) is 6.60. The molecule has 1 heterocycles. The van der Waals surface area contributed by atoms with Crippen molar-refractivity contribution in [2.75, 3.05) is 0 Å². The molecule has 114 valence electrons. The molecule has 0 aliphatic carbocycles. The van der Waals surface area contributed by atoms with E-state index in [9.17, 15) is 8.42 Å². The largest absolute Gasteiger partial charge is 0.241 e. The Morgan fingerprint density at radius 1 is 1.29 bits per heavy atom. The molecule has 0 amide bonds. The fourth-order valence-corrected chi connectivity index (χ4v) is 5.80. The minimum absolute atomic E-state index is 0.103. The number of thiophene rings is 1. The SMILES string of the molecule is Cc1sc(Br)cc1S(=O)(=O)NC(C)CCc1ccccc1. The summed E-state index contributed by atoms with van der Waals surface area (Å²) in [4.78, 5) is 1.16. The maximum Gasteiger partial charge on any atom is 0.241 e. The zero-order valence-electron chi connectivity index (χ0n) is 12.0. The Morgan fingerprint density at radius 2 is 1.95 bits per heavy atom. The van der Waals surface area contributed by atoms with Crippen LogP contribution < -0.4 is 4.72 Å². The number of aryl methyl sites for hydroxylation is 2. The number of nitrogens with one attached hydrogen (secondary N) is 1. The maximum absolute atomic E-state index is 12.4. The zero-order valence-corrected chi connectivity index (χ0v) is 15.2. The van der Waals surface area contributed by atoms with Crippen molar-refractivity contribution in [1.82, 2.24) is 4.72 Å². The second kappa shape index (κ2) is 7.05. The number of rotatable bonds is 6. The number of hydrogen-bond donors (Lipinski definition) is 1. The van der Waals surface area contributed by atoms with E-state index in [1.54, 1.807) is 6.07 Å². The van der Waals surface area contributed by atoms with E-state index in [1.807, 2.05) is 32.0 Å². The molecule has 1 unspecified atom stereocenters. The van der Waals surface area contributed by atoms with Gasteiger partial charge in [-0.3, -0.25) is 0 Å². The Labute approximate surface area is 138 Å². The molecule has 1 aromatic heterocycles. The average molecular weight is 388 g/mol. The summed E-state index contributed by atoms with van der Waals surface area (Å²) in [7, 11) is -3.44. The first-order chi connectivity index (χ1) is 9.88. The first-order valence-corrected chi connectivity index (χ1v) is 9.80. The van der Waals surface area contributed by atoms with Crippen molar-refractivity contribution in [2.24, 2.45) is 0 Å². The predicted octanol–water partition coefficient (Wildman–Crippen LogP) is 4.12. The fraction of sp³-hybridized carbons (Fsp3) is 0.333. The minimum atomic E-state index is -3.44. The Morgan fingerprint density at radius 3 is 2.52 bits per heavy atom. The van der Waals surface area contributed by atoms with Gasteiger partial charge in [-0.2, -0.15) is 0 Å². The first kappa shape index (κ1) is 16.7. The normalized spacial score (nSPS) is 13.3. The number of benzene rings is 1. The summed E-state index contributed by atoms with van der Waals surface area (Å²) < 4.78 is 28.3. The van der Waals surface area contributed by atoms with Crippen molar-refractivity contribution in [3.63, 3.8) is 0 Å². The molecule has 3 nitrogen and oxygen atoms in total. The molecule has 0 bridgehead atoms. The molecule has 0 saturated carbocycles. The van der Waals surface area contributed by atoms with Gasteiger partial charge >= 0.3 is 0 Å². The topological polar surface area (TPSA) is 46.2 Å². The van der Waals surface area contributed by atoms with E-state index in [0.717, 1.165) is 21.5 Å². The highest BCUT2D eigenvalue weighted by molar-refractivity contribution is 9.11. The second-order valence-electron chi connectivity index (χ2n) is 5.02. The van der Waals surface area contributed by atoms with Gasteiger partial charge in [0.25, 0.3) is 0 Å². The molecule has 6 heteroatoms. The third-order valence-electron chi connectivity index (χ3n) is 3.20. The van der Waals surface area contributed by atoms with Gasteiger partial charge in [0.05, 0.1) is 8.68 Å². The van der Waals surface area contributed by atoms with Crippen molar-refractivity contribution in [3.05, 3.63) is 50.6 Å². The molecule has 0 fully saturated rings. The molecular formula is C15H18BrNO2S2. The Bertz CT molecular complexity index is 696. The van der Waals surface area contributed by atoms with Crippen molar-refractivity contribution in [1.29, 1.82) is 0 Å². The van der Waals surface area contributed by atoms with Gasteiger partial charge in [-0.05, 0) is 54.2 Å². The lowest BCUT2D eigenvalue weighted by atomic mass is 10.1. The summed E-state index contributed by atoms with van der Waals surface area (Å²) in [5.41, 5.74) is 1.22. The van der Waals surface area contributed by atoms with Gasteiger partial charge in [0.1, 0.15) is 0 Å². The van der Waals surface area contributed by atoms with Gasteiger partial charge in [-0.1, -0.05) is 30.3 Å². The van der Waals surface area contributed by atoms with Crippen molar-refractivity contribution in [2.45, 2.75) is 37.6 Å². The lowest BCUT2D eigenvalue weighted by Crippen LogP contribution is -2.33. The van der Waals surface area contributed by atoms with Crippen LogP contribution in [-0.4, -0.2) is 14.5 Å². The molecule has 0 saturated heterocycles. The number of hydrogen-bond acceptors (Lipinski definition) is 3. The van der Waals surface area contributed by atoms with Gasteiger partial charge in [0, 0.05) is 10.9 Å². The van der Waals surface area contributed by atoms with E-state index in [4.69, 9.17) is 0 Å². The molecule has 21 heavy (non-hydrogen) atoms. The van der Waals surface area contributed by atoms with Crippen LogP contribution >= 0.6 is 27.3 Å². The monoisotopic (exact) mass is 387 g/mol. The van der Waals surface area contributed by atoms with Crippen LogP contribution in [0.2, 0.25) is 0 Å². The van der Waals surface area contributed by atoms with E-state index >= 15 is 0 Å². The Balaban J connectivity index is 1.98. The van der Waals surface area contributed by atoms with Crippen LogP contribution in [0.5, 0.6) is 0 Å². The molecule has 0 spiro atoms. The van der Waals surface area contributed by atoms with Crippen LogP contribution in [0.15, 0.2) is 45.1 Å². The van der Waals surface area contributed by atoms with E-state index in [1.165, 1.54) is 16.9 Å². The summed E-state index contributed by atoms with van der Waals surface area (Å²) in [6.07, 6.45) is 1.63. The van der Waals surface area contributed by atoms with Crippen molar-refractivity contribution >= 4 is 37.3 Å². The molecule has 0 radical (unpaired) electrons. The summed E-state index contributed by atoms with van der Waals surface area (Å²) in [6.45, 7) is 3.72. The smallest absolute Gasteiger partial charge is 0.208 e. The van der Waals surface area contributed by atoms with Gasteiger partial charge in [-0.15, -0.1) is 11.3 Å². The van der Waals surface area contributed by atoms with Crippen molar-refractivity contribution in [3.8, 4) is 0 Å². The van der Waals surface area contributed by atoms with Crippen LogP contribution in [0.1, 0.15) is 23.8 Å². The highest BCUT2D eigenvalue weighted by Crippen LogP contribution is 2.29. The van der Waals surface area contributed by atoms with Gasteiger partial charge in [0.15, 0.2) is 0 Å². The maximum atomic E-state index is 12.4. The number of halogens is 1. The highest BCUT2D eigenvalue weighted by atomic mass is 79.9. The van der Waals surface area contributed by atoms with E-state index in [-0.39, 0.29) is 6.04 Å². The van der Waals surface area contributed by atoms with Crippen LogP contribution in [0.25, 0.3) is 0 Å². The molecule has 1 N–H and O–H groups in total. The van der Waals surface area contributed by atoms with E-state index in [2.05, 4.69) is 32.8 Å². The molecule has 1 aromatic carbocycles. The predicted molar refractivity (Wildman–Crippen MR) is 91.3 cm³/mol. The summed E-state index contributed by atoms with van der Waals surface area (Å²) in [5, 5.41) is 0. The lowest BCUT2D eigenvalue weighted by Gasteiger charge is -2.14. The lowest BCUT2D eigenvalue weighted by molar-refractivity contribution is 0.547. The van der Waals surface area contributed by atoms with Gasteiger partial charge in [0.2, 0.25) is 10.0 Å². The molecular weight excluding hydrogens is 370 g/mol. The summed E-state index contributed by atoms with van der Waals surface area (Å²) in [5.74, 6) is 0. The van der Waals surface area contributed by atoms with Gasteiger partial charge in [-0.25, -0.2) is 13.1 Å². The Hall–Kier alpha value is -0.690. The van der Waals surface area contributed by atoms with Crippen LogP contribution in [0, 0.1) is 6.92 Å². The zero-order chi connectivity index (χ0) is 15.5. The average Bonchev–Trinajstić information content (AvgIpc) is 2.77. The van der Waals surface area contributed by atoms with Gasteiger partial charge < -0.3 is 0 Å². The Kier molecular flexibility index (Phi) is 5.60. The highest BCUT2D eigenvalue weighted by Gasteiger charge is 2.21. The quantitative estimate of drug-likeness (QED) is 0.809. The number of sulfonamides is 1. The van der Waals surface area contributed by atoms with E-state index < -0.39 is 10.0 Å². The van der Waals surface area contributed by atoms with Crippen molar-refractivity contribution < 1.29 is 8.42 Å². The molecule has 1 atom stereocenters. The second-order valence-corrected chi connectivity index (χ2v) is 9.34. The van der Waals surface area contributed by atoms with Crippen LogP contribution in [0.4, 0.5) is 0 Å². The molecule has 2 rings (SSSR count). The molecule has 2 aromatic rings. The third kappa shape index (κ3) is 4.64. The molecule has 0 aliphatic rings. The first-order valence-electron chi connectivity index (χ1n) is 6.70. The van der Waals surface area contributed by atoms with Crippen LogP contribution in [-0.2, 0) is 16.4 Å². The standard InChI is InChI=1S/C15H18BrNO2S2/c1-11(8-9-13-6-4-3-5-7-13)17-21(18,19)14-10-15(16)20-12(14)2/h3-7,10-11,17H,8-9H2,1-2H3.